The summed E-state index contributed by atoms with van der Waals surface area (Å²) in [6.45, 7) is 0.528. The second kappa shape index (κ2) is 2.85. The summed E-state index contributed by atoms with van der Waals surface area (Å²) in [6.07, 6.45) is 3.19. The maximum atomic E-state index is 5.36. The Balaban J connectivity index is 2.19. The largest absolute Gasteiger partial charge is 0.367 e. The highest BCUT2D eigenvalue weighted by Gasteiger charge is 2.02. The van der Waals surface area contributed by atoms with Crippen molar-refractivity contribution in [2.75, 3.05) is 5.73 Å². The van der Waals surface area contributed by atoms with Crippen molar-refractivity contribution in [3.63, 3.8) is 0 Å². The maximum Gasteiger partial charge on any atom is 0.239 e. The summed E-state index contributed by atoms with van der Waals surface area (Å²) in [4.78, 5) is 3.80. The summed E-state index contributed by atoms with van der Waals surface area (Å²) in [6, 6.07) is 0. The molecule has 2 aromatic heterocycles. The highest BCUT2D eigenvalue weighted by Crippen LogP contribution is 1.96. The van der Waals surface area contributed by atoms with E-state index in [-0.39, 0.29) is 5.95 Å². The van der Waals surface area contributed by atoms with Crippen LogP contribution in [0.5, 0.6) is 0 Å². The SMILES string of the molecule is Cn1cnnc1Cn1cnc(N)n1. The van der Waals surface area contributed by atoms with Gasteiger partial charge in [-0.3, -0.25) is 0 Å². The topological polar surface area (TPSA) is 87.4 Å². The third-order valence-corrected chi connectivity index (χ3v) is 1.66. The molecule has 0 saturated heterocycles. The van der Waals surface area contributed by atoms with E-state index in [4.69, 9.17) is 5.73 Å². The molecule has 0 aromatic carbocycles. The van der Waals surface area contributed by atoms with Crippen LogP contribution in [0.15, 0.2) is 12.7 Å². The van der Waals surface area contributed by atoms with Crippen molar-refractivity contribution >= 4 is 5.95 Å². The lowest BCUT2D eigenvalue weighted by molar-refractivity contribution is 0.630. The zero-order valence-corrected chi connectivity index (χ0v) is 7.12. The molecule has 0 aliphatic rings. The van der Waals surface area contributed by atoms with Crippen LogP contribution in [0.3, 0.4) is 0 Å². The second-order valence-electron chi connectivity index (χ2n) is 2.66. The number of hydrogen-bond acceptors (Lipinski definition) is 5. The number of hydrogen-bond donors (Lipinski definition) is 1. The van der Waals surface area contributed by atoms with Gasteiger partial charge in [0.15, 0.2) is 5.82 Å². The number of aromatic nitrogens is 6. The van der Waals surface area contributed by atoms with Crippen molar-refractivity contribution < 1.29 is 0 Å². The summed E-state index contributed by atoms with van der Waals surface area (Å²) >= 11 is 0. The molecular formula is C6H9N7. The molecule has 0 bridgehead atoms. The molecular weight excluding hydrogens is 170 g/mol. The third kappa shape index (κ3) is 1.48. The first-order valence-corrected chi connectivity index (χ1v) is 3.73. The molecule has 2 rings (SSSR count). The van der Waals surface area contributed by atoms with E-state index in [0.717, 1.165) is 5.82 Å². The fourth-order valence-electron chi connectivity index (χ4n) is 0.980. The molecule has 0 saturated carbocycles. The van der Waals surface area contributed by atoms with Crippen molar-refractivity contribution in [2.45, 2.75) is 6.54 Å². The average molecular weight is 179 g/mol. The minimum atomic E-state index is 0.266. The number of nitrogens with zero attached hydrogens (tertiary/aromatic N) is 6. The van der Waals surface area contributed by atoms with Gasteiger partial charge in [0.05, 0.1) is 0 Å². The van der Waals surface area contributed by atoms with E-state index in [9.17, 15) is 0 Å². The quantitative estimate of drug-likeness (QED) is 0.641. The normalized spacial score (nSPS) is 10.5. The average Bonchev–Trinajstić information content (AvgIpc) is 2.64. The Morgan fingerprint density at radius 3 is 2.85 bits per heavy atom. The van der Waals surface area contributed by atoms with Gasteiger partial charge in [-0.05, 0) is 0 Å². The molecule has 0 amide bonds. The van der Waals surface area contributed by atoms with Crippen molar-refractivity contribution in [1.82, 2.24) is 29.5 Å². The Morgan fingerprint density at radius 1 is 1.46 bits per heavy atom. The molecule has 2 heterocycles. The first-order chi connectivity index (χ1) is 6.25. The lowest BCUT2D eigenvalue weighted by atomic mass is 10.6. The van der Waals surface area contributed by atoms with Gasteiger partial charge in [0, 0.05) is 7.05 Å². The Labute approximate surface area is 74.2 Å². The monoisotopic (exact) mass is 179 g/mol. The second-order valence-corrected chi connectivity index (χ2v) is 2.66. The minimum Gasteiger partial charge on any atom is -0.367 e. The van der Waals surface area contributed by atoms with Crippen molar-refractivity contribution in [1.29, 1.82) is 0 Å². The van der Waals surface area contributed by atoms with E-state index < -0.39 is 0 Å². The van der Waals surface area contributed by atoms with Gasteiger partial charge in [-0.1, -0.05) is 0 Å². The van der Waals surface area contributed by atoms with Gasteiger partial charge in [0.1, 0.15) is 19.2 Å². The number of nitrogens with two attached hydrogens (primary N) is 1. The van der Waals surface area contributed by atoms with Gasteiger partial charge in [-0.2, -0.15) is 0 Å². The molecule has 0 unspecified atom stereocenters. The van der Waals surface area contributed by atoms with Crippen molar-refractivity contribution in [2.24, 2.45) is 7.05 Å². The molecule has 7 heteroatoms. The third-order valence-electron chi connectivity index (χ3n) is 1.66. The van der Waals surface area contributed by atoms with Gasteiger partial charge >= 0.3 is 0 Å². The van der Waals surface area contributed by atoms with Crippen LogP contribution in [0, 0.1) is 0 Å². The van der Waals surface area contributed by atoms with Crippen LogP contribution >= 0.6 is 0 Å². The van der Waals surface area contributed by atoms with Gasteiger partial charge in [0.25, 0.3) is 0 Å². The lowest BCUT2D eigenvalue weighted by Gasteiger charge is -1.98. The summed E-state index contributed by atoms with van der Waals surface area (Å²) in [5.41, 5.74) is 5.36. The molecule has 2 aromatic rings. The number of nitrogen functional groups attached to an aromatic ring is 1. The summed E-state index contributed by atoms with van der Waals surface area (Å²) in [5, 5.41) is 11.6. The van der Waals surface area contributed by atoms with E-state index in [2.05, 4.69) is 20.3 Å². The van der Waals surface area contributed by atoms with Gasteiger partial charge < -0.3 is 10.3 Å². The molecule has 13 heavy (non-hydrogen) atoms. The van der Waals surface area contributed by atoms with E-state index in [1.54, 1.807) is 17.3 Å². The smallest absolute Gasteiger partial charge is 0.239 e. The Bertz CT molecular complexity index is 401. The highest BCUT2D eigenvalue weighted by atomic mass is 15.4. The molecule has 0 aliphatic carbocycles. The van der Waals surface area contributed by atoms with Crippen LogP contribution in [0.4, 0.5) is 5.95 Å². The Morgan fingerprint density at radius 2 is 2.31 bits per heavy atom. The van der Waals surface area contributed by atoms with Gasteiger partial charge in [-0.25, -0.2) is 9.67 Å². The molecule has 68 valence electrons. The first-order valence-electron chi connectivity index (χ1n) is 3.73. The standard InChI is InChI=1S/C6H9N7/c1-12-4-9-10-5(12)2-13-3-8-6(7)11-13/h3-4H,2H2,1H3,(H2,7,11). The molecule has 7 nitrogen and oxygen atoms in total. The molecule has 2 N–H and O–H groups in total. The predicted octanol–water partition coefficient (Wildman–Crippen LogP) is -0.963. The van der Waals surface area contributed by atoms with E-state index >= 15 is 0 Å². The minimum absolute atomic E-state index is 0.266. The Hall–Kier alpha value is -1.92. The van der Waals surface area contributed by atoms with Gasteiger partial charge in [0.2, 0.25) is 5.95 Å². The van der Waals surface area contributed by atoms with E-state index in [1.165, 1.54) is 0 Å². The van der Waals surface area contributed by atoms with Crippen LogP contribution in [-0.4, -0.2) is 29.5 Å². The van der Waals surface area contributed by atoms with E-state index in [0.29, 0.717) is 6.54 Å². The molecule has 0 atom stereocenters. The first kappa shape index (κ1) is 7.71. The number of anilines is 1. The van der Waals surface area contributed by atoms with E-state index in [1.807, 2.05) is 11.6 Å². The lowest BCUT2D eigenvalue weighted by Crippen LogP contribution is -2.06. The summed E-state index contributed by atoms with van der Waals surface area (Å²) in [5.74, 6) is 1.08. The van der Waals surface area contributed by atoms with Crippen LogP contribution in [0.25, 0.3) is 0 Å². The highest BCUT2D eigenvalue weighted by molar-refractivity contribution is 5.09. The number of rotatable bonds is 2. The van der Waals surface area contributed by atoms with Crippen molar-refractivity contribution in [3.05, 3.63) is 18.5 Å². The van der Waals surface area contributed by atoms with Crippen LogP contribution in [0.1, 0.15) is 5.82 Å². The zero-order chi connectivity index (χ0) is 9.26. The summed E-state index contributed by atoms with van der Waals surface area (Å²) < 4.78 is 3.43. The fourth-order valence-corrected chi connectivity index (χ4v) is 0.980. The van der Waals surface area contributed by atoms with Crippen molar-refractivity contribution in [3.8, 4) is 0 Å². The molecule has 0 spiro atoms. The molecule has 0 aliphatic heterocycles. The van der Waals surface area contributed by atoms with Gasteiger partial charge in [-0.15, -0.1) is 15.3 Å². The van der Waals surface area contributed by atoms with Crippen LogP contribution < -0.4 is 5.73 Å². The van der Waals surface area contributed by atoms with Crippen LogP contribution in [0.2, 0.25) is 0 Å². The zero-order valence-electron chi connectivity index (χ0n) is 7.12. The number of aryl methyl sites for hydroxylation is 1. The fraction of sp³-hybridized carbons (Fsp3) is 0.333. The van der Waals surface area contributed by atoms with Crippen LogP contribution in [-0.2, 0) is 13.6 Å². The predicted molar refractivity (Wildman–Crippen MR) is 44.5 cm³/mol. The summed E-state index contributed by atoms with van der Waals surface area (Å²) in [7, 11) is 1.87. The molecule has 0 radical (unpaired) electrons. The molecule has 0 fully saturated rings. The Kier molecular flexibility index (Phi) is 1.69. The maximum absolute atomic E-state index is 5.36.